The maximum absolute atomic E-state index is 12.0. The van der Waals surface area contributed by atoms with Crippen molar-refractivity contribution in [2.75, 3.05) is 18.9 Å². The van der Waals surface area contributed by atoms with Gasteiger partial charge in [-0.2, -0.15) is 0 Å². The van der Waals surface area contributed by atoms with Crippen LogP contribution in [0.3, 0.4) is 0 Å². The van der Waals surface area contributed by atoms with Crippen LogP contribution in [0.15, 0.2) is 40.2 Å². The summed E-state index contributed by atoms with van der Waals surface area (Å²) in [5.74, 6) is -0.550. The standard InChI is InChI=1S/C19H21N5O4S3/c1-2-24-17(14-6-4-10-30-14)22-23-19(24)31-12-16(26)28-11-15(25)21-18(27)20-8-7-13-5-3-9-29-13/h3-6,9-10H,2,7-8,11-12H2,1H3,(H2,20,21,25,27). The molecular weight excluding hydrogens is 458 g/mol. The van der Waals surface area contributed by atoms with Gasteiger partial charge < -0.3 is 14.6 Å². The molecule has 0 radical (unpaired) electrons. The number of esters is 1. The molecule has 0 atom stereocenters. The minimum atomic E-state index is -0.691. The molecule has 9 nitrogen and oxygen atoms in total. The lowest BCUT2D eigenvalue weighted by Gasteiger charge is -2.08. The molecule has 3 rings (SSSR count). The van der Waals surface area contributed by atoms with Crippen LogP contribution < -0.4 is 10.6 Å². The summed E-state index contributed by atoms with van der Waals surface area (Å²) >= 11 is 4.34. The second-order valence-electron chi connectivity index (χ2n) is 6.11. The predicted octanol–water partition coefficient (Wildman–Crippen LogP) is 2.79. The normalized spacial score (nSPS) is 10.6. The number of imide groups is 1. The molecule has 0 aliphatic heterocycles. The van der Waals surface area contributed by atoms with Crippen molar-refractivity contribution in [3.05, 3.63) is 39.9 Å². The highest BCUT2D eigenvalue weighted by atomic mass is 32.2. The average Bonchev–Trinajstić information content (AvgIpc) is 3.51. The van der Waals surface area contributed by atoms with Gasteiger partial charge in [0.25, 0.3) is 5.91 Å². The van der Waals surface area contributed by atoms with Crippen molar-refractivity contribution in [2.45, 2.75) is 25.0 Å². The number of amides is 3. The van der Waals surface area contributed by atoms with Crippen LogP contribution in [0.2, 0.25) is 0 Å². The zero-order valence-electron chi connectivity index (χ0n) is 16.7. The van der Waals surface area contributed by atoms with Gasteiger partial charge in [0, 0.05) is 18.0 Å². The van der Waals surface area contributed by atoms with Gasteiger partial charge in [0.05, 0.1) is 10.6 Å². The summed E-state index contributed by atoms with van der Waals surface area (Å²) in [5, 5.41) is 17.6. The Labute approximate surface area is 191 Å². The highest BCUT2D eigenvalue weighted by Gasteiger charge is 2.16. The van der Waals surface area contributed by atoms with E-state index in [1.807, 2.05) is 46.5 Å². The van der Waals surface area contributed by atoms with Gasteiger partial charge in [-0.1, -0.05) is 23.9 Å². The molecule has 31 heavy (non-hydrogen) atoms. The number of carbonyl (C=O) groups excluding carboxylic acids is 3. The minimum absolute atomic E-state index is 0.0249. The number of hydrogen-bond donors (Lipinski definition) is 2. The first kappa shape index (κ1) is 23.0. The fourth-order valence-electron chi connectivity index (χ4n) is 2.54. The first-order chi connectivity index (χ1) is 15.1. The van der Waals surface area contributed by atoms with Crippen LogP contribution in [0.4, 0.5) is 4.79 Å². The van der Waals surface area contributed by atoms with Crippen LogP contribution in [0.5, 0.6) is 0 Å². The van der Waals surface area contributed by atoms with E-state index in [0.717, 1.165) is 15.6 Å². The Morgan fingerprint density at radius 1 is 1.16 bits per heavy atom. The zero-order valence-corrected chi connectivity index (χ0v) is 19.1. The zero-order chi connectivity index (χ0) is 22.1. The van der Waals surface area contributed by atoms with Crippen molar-refractivity contribution in [2.24, 2.45) is 0 Å². The SMILES string of the molecule is CCn1c(SCC(=O)OCC(=O)NC(=O)NCCc2cccs2)nnc1-c1cccs1. The number of nitrogens with one attached hydrogen (secondary N) is 2. The fraction of sp³-hybridized carbons (Fsp3) is 0.316. The molecule has 0 aliphatic rings. The summed E-state index contributed by atoms with van der Waals surface area (Å²) in [5.41, 5.74) is 0. The number of thioether (sulfide) groups is 1. The van der Waals surface area contributed by atoms with Gasteiger partial charge in [-0.15, -0.1) is 32.9 Å². The Hall–Kier alpha value is -2.70. The molecule has 0 unspecified atom stereocenters. The van der Waals surface area contributed by atoms with Crippen LogP contribution >= 0.6 is 34.4 Å². The molecule has 0 saturated heterocycles. The van der Waals surface area contributed by atoms with Crippen LogP contribution in [0.1, 0.15) is 11.8 Å². The lowest BCUT2D eigenvalue weighted by molar-refractivity contribution is -0.145. The van der Waals surface area contributed by atoms with Gasteiger partial charge >= 0.3 is 12.0 Å². The summed E-state index contributed by atoms with van der Waals surface area (Å²) in [4.78, 5) is 37.6. The van der Waals surface area contributed by atoms with Gasteiger partial charge in [-0.3, -0.25) is 14.9 Å². The number of aromatic nitrogens is 3. The van der Waals surface area contributed by atoms with Gasteiger partial charge in [0.15, 0.2) is 17.6 Å². The third kappa shape index (κ3) is 6.91. The number of thiophene rings is 2. The maximum atomic E-state index is 12.0. The van der Waals surface area contributed by atoms with Crippen molar-refractivity contribution in [1.29, 1.82) is 0 Å². The highest BCUT2D eigenvalue weighted by molar-refractivity contribution is 7.99. The van der Waals surface area contributed by atoms with E-state index in [4.69, 9.17) is 4.74 Å². The molecule has 2 N–H and O–H groups in total. The molecule has 0 bridgehead atoms. The van der Waals surface area contributed by atoms with Gasteiger partial charge in [0.1, 0.15) is 0 Å². The number of urea groups is 1. The Morgan fingerprint density at radius 2 is 1.97 bits per heavy atom. The Kier molecular flexibility index (Phi) is 8.62. The number of nitrogens with zero attached hydrogens (tertiary/aromatic N) is 3. The molecular formula is C19H21N5O4S3. The minimum Gasteiger partial charge on any atom is -0.455 e. The van der Waals surface area contributed by atoms with Crippen molar-refractivity contribution in [1.82, 2.24) is 25.4 Å². The van der Waals surface area contributed by atoms with E-state index in [1.165, 1.54) is 11.8 Å². The average molecular weight is 480 g/mol. The number of hydrogen-bond acceptors (Lipinski definition) is 9. The Morgan fingerprint density at radius 3 is 2.68 bits per heavy atom. The van der Waals surface area contributed by atoms with E-state index >= 15 is 0 Å². The number of carbonyl (C=O) groups is 3. The summed E-state index contributed by atoms with van der Waals surface area (Å²) in [6.45, 7) is 2.50. The Bertz CT molecular complexity index is 1000. The predicted molar refractivity (Wildman–Crippen MR) is 120 cm³/mol. The molecule has 3 aromatic rings. The smallest absolute Gasteiger partial charge is 0.321 e. The molecule has 3 heterocycles. The molecule has 3 aromatic heterocycles. The van der Waals surface area contributed by atoms with Crippen molar-refractivity contribution in [3.8, 4) is 10.7 Å². The van der Waals surface area contributed by atoms with Gasteiger partial charge in [-0.05, 0) is 36.2 Å². The van der Waals surface area contributed by atoms with E-state index in [-0.39, 0.29) is 5.75 Å². The molecule has 12 heteroatoms. The number of ether oxygens (including phenoxy) is 1. The maximum Gasteiger partial charge on any atom is 0.321 e. The molecule has 0 saturated carbocycles. The van der Waals surface area contributed by atoms with Crippen LogP contribution in [-0.4, -0.2) is 51.6 Å². The molecule has 0 aromatic carbocycles. The third-order valence-corrected chi connectivity index (χ3v) is 6.69. The topological polar surface area (TPSA) is 115 Å². The quantitative estimate of drug-likeness (QED) is 0.339. The lowest BCUT2D eigenvalue weighted by atomic mass is 10.3. The van der Waals surface area contributed by atoms with Crippen LogP contribution in [0, 0.1) is 0 Å². The van der Waals surface area contributed by atoms with E-state index in [2.05, 4.69) is 20.8 Å². The monoisotopic (exact) mass is 479 g/mol. The molecule has 0 aliphatic carbocycles. The summed E-state index contributed by atoms with van der Waals surface area (Å²) in [7, 11) is 0. The van der Waals surface area contributed by atoms with E-state index < -0.39 is 24.5 Å². The molecule has 0 fully saturated rings. The van der Waals surface area contributed by atoms with Gasteiger partial charge in [-0.25, -0.2) is 4.79 Å². The second-order valence-corrected chi connectivity index (χ2v) is 9.03. The van der Waals surface area contributed by atoms with Gasteiger partial charge in [0.2, 0.25) is 0 Å². The van der Waals surface area contributed by atoms with Crippen molar-refractivity contribution in [3.63, 3.8) is 0 Å². The molecule has 0 spiro atoms. The van der Waals surface area contributed by atoms with Crippen LogP contribution in [0.25, 0.3) is 10.7 Å². The molecule has 164 valence electrons. The van der Waals surface area contributed by atoms with Crippen molar-refractivity contribution < 1.29 is 19.1 Å². The summed E-state index contributed by atoms with van der Waals surface area (Å²) in [6, 6.07) is 7.18. The summed E-state index contributed by atoms with van der Waals surface area (Å²) in [6.07, 6.45) is 0.683. The van der Waals surface area contributed by atoms with E-state index in [1.54, 1.807) is 22.7 Å². The summed E-state index contributed by atoms with van der Waals surface area (Å²) < 4.78 is 6.85. The Balaban J connectivity index is 1.36. The van der Waals surface area contributed by atoms with E-state index in [9.17, 15) is 14.4 Å². The highest BCUT2D eigenvalue weighted by Crippen LogP contribution is 2.27. The number of rotatable bonds is 10. The third-order valence-electron chi connectivity index (χ3n) is 3.95. The second kappa shape index (κ2) is 11.6. The first-order valence-electron chi connectivity index (χ1n) is 9.42. The largest absolute Gasteiger partial charge is 0.455 e. The fourth-order valence-corrected chi connectivity index (χ4v) is 4.77. The first-order valence-corrected chi connectivity index (χ1v) is 12.2. The van der Waals surface area contributed by atoms with E-state index in [0.29, 0.717) is 24.7 Å². The van der Waals surface area contributed by atoms with Crippen LogP contribution in [-0.2, 0) is 27.3 Å². The lowest BCUT2D eigenvalue weighted by Crippen LogP contribution is -2.42. The molecule has 3 amide bonds. The van der Waals surface area contributed by atoms with Crippen molar-refractivity contribution >= 4 is 52.3 Å².